The summed E-state index contributed by atoms with van der Waals surface area (Å²) in [5.41, 5.74) is 9.15. The molecule has 0 spiro atoms. The molecule has 4 heterocycles. The lowest BCUT2D eigenvalue weighted by molar-refractivity contribution is 0.686. The molecule has 0 amide bonds. The molecular weight excluding hydrogens is 300 g/mol. The maximum absolute atomic E-state index is 6.52. The highest BCUT2D eigenvalue weighted by molar-refractivity contribution is 6.38. The molecule has 6 nitrogen and oxygen atoms in total. The molecule has 0 radical (unpaired) electrons. The van der Waals surface area contributed by atoms with Gasteiger partial charge in [-0.3, -0.25) is 4.68 Å². The number of nitrogens with zero attached hydrogens (tertiary/aromatic N) is 4. The molecule has 0 fully saturated rings. The highest BCUT2D eigenvalue weighted by Gasteiger charge is 2.20. The summed E-state index contributed by atoms with van der Waals surface area (Å²) >= 11 is 6.52. The summed E-state index contributed by atoms with van der Waals surface area (Å²) in [4.78, 5) is 11.7. The van der Waals surface area contributed by atoms with Crippen LogP contribution in [0.3, 0.4) is 0 Å². The molecule has 0 unspecified atom stereocenters. The quantitative estimate of drug-likeness (QED) is 0.595. The molecule has 4 rings (SSSR count). The van der Waals surface area contributed by atoms with Gasteiger partial charge in [0.25, 0.3) is 0 Å². The number of hydrogen-bond acceptors (Lipinski definition) is 4. The van der Waals surface area contributed by atoms with Gasteiger partial charge in [-0.1, -0.05) is 11.6 Å². The number of halogens is 1. The molecule has 0 aliphatic rings. The smallest absolute Gasteiger partial charge is 0.139 e. The molecule has 0 atom stereocenters. The Labute approximate surface area is 130 Å². The van der Waals surface area contributed by atoms with E-state index in [1.54, 1.807) is 12.4 Å². The van der Waals surface area contributed by atoms with Crippen molar-refractivity contribution in [2.45, 2.75) is 13.5 Å². The molecule has 0 aliphatic heterocycles. The molecular formula is C15H13ClN6. The van der Waals surface area contributed by atoms with Crippen LogP contribution in [-0.2, 0) is 6.54 Å². The Morgan fingerprint density at radius 2 is 2.14 bits per heavy atom. The largest absolute Gasteiger partial charge is 0.383 e. The third-order valence-electron chi connectivity index (χ3n) is 3.74. The SMILES string of the molecule is CCn1nc(-c2[nH]c3ncccc3c2Cl)c2c(N)nccc21. The zero-order chi connectivity index (χ0) is 15.3. The minimum atomic E-state index is 0.440. The lowest BCUT2D eigenvalue weighted by Crippen LogP contribution is -1.96. The molecule has 0 saturated heterocycles. The van der Waals surface area contributed by atoms with Crippen molar-refractivity contribution < 1.29 is 0 Å². The van der Waals surface area contributed by atoms with E-state index in [2.05, 4.69) is 20.1 Å². The van der Waals surface area contributed by atoms with Gasteiger partial charge in [0.2, 0.25) is 0 Å². The first-order valence-corrected chi connectivity index (χ1v) is 7.32. The number of anilines is 1. The molecule has 0 aliphatic carbocycles. The highest BCUT2D eigenvalue weighted by atomic mass is 35.5. The van der Waals surface area contributed by atoms with Crippen molar-refractivity contribution in [1.29, 1.82) is 0 Å². The summed E-state index contributed by atoms with van der Waals surface area (Å²) < 4.78 is 1.89. The Morgan fingerprint density at radius 3 is 2.91 bits per heavy atom. The number of hydrogen-bond donors (Lipinski definition) is 2. The topological polar surface area (TPSA) is 85.4 Å². The zero-order valence-corrected chi connectivity index (χ0v) is 12.6. The number of pyridine rings is 2. The van der Waals surface area contributed by atoms with Gasteiger partial charge in [-0.25, -0.2) is 9.97 Å². The van der Waals surface area contributed by atoms with Crippen LogP contribution in [0.4, 0.5) is 5.82 Å². The third-order valence-corrected chi connectivity index (χ3v) is 4.13. The number of nitrogens with two attached hydrogens (primary N) is 1. The summed E-state index contributed by atoms with van der Waals surface area (Å²) in [5, 5.41) is 6.91. The van der Waals surface area contributed by atoms with E-state index in [4.69, 9.17) is 17.3 Å². The van der Waals surface area contributed by atoms with Gasteiger partial charge < -0.3 is 10.7 Å². The summed E-state index contributed by atoms with van der Waals surface area (Å²) in [7, 11) is 0. The number of nitrogen functional groups attached to an aromatic ring is 1. The van der Waals surface area contributed by atoms with Crippen LogP contribution in [0, 0.1) is 0 Å². The fraction of sp³-hybridized carbons (Fsp3) is 0.133. The summed E-state index contributed by atoms with van der Waals surface area (Å²) in [6, 6.07) is 5.68. The second-order valence-electron chi connectivity index (χ2n) is 4.97. The predicted octanol–water partition coefficient (Wildman–Crippen LogP) is 3.23. The Kier molecular flexibility index (Phi) is 2.80. The van der Waals surface area contributed by atoms with Crippen LogP contribution in [0.2, 0.25) is 5.02 Å². The number of aromatic nitrogens is 5. The van der Waals surface area contributed by atoms with Gasteiger partial charge in [0.15, 0.2) is 0 Å². The first-order chi connectivity index (χ1) is 10.7. The third kappa shape index (κ3) is 1.70. The van der Waals surface area contributed by atoms with Gasteiger partial charge in [0.05, 0.1) is 21.6 Å². The lowest BCUT2D eigenvalue weighted by atomic mass is 10.2. The molecule has 0 aromatic carbocycles. The Bertz CT molecular complexity index is 1000. The van der Waals surface area contributed by atoms with Gasteiger partial charge in [-0.2, -0.15) is 5.10 Å². The number of fused-ring (bicyclic) bond motifs is 2. The maximum Gasteiger partial charge on any atom is 0.139 e. The van der Waals surface area contributed by atoms with E-state index in [-0.39, 0.29) is 0 Å². The maximum atomic E-state index is 6.52. The second kappa shape index (κ2) is 4.71. The lowest BCUT2D eigenvalue weighted by Gasteiger charge is -1.98. The molecule has 0 saturated carbocycles. The first-order valence-electron chi connectivity index (χ1n) is 6.94. The normalized spacial score (nSPS) is 11.5. The fourth-order valence-electron chi connectivity index (χ4n) is 2.72. The van der Waals surface area contributed by atoms with Crippen molar-refractivity contribution in [3.05, 3.63) is 35.6 Å². The van der Waals surface area contributed by atoms with E-state index in [0.717, 1.165) is 28.5 Å². The van der Waals surface area contributed by atoms with Crippen LogP contribution in [0.15, 0.2) is 30.6 Å². The molecule has 22 heavy (non-hydrogen) atoms. The Morgan fingerprint density at radius 1 is 1.27 bits per heavy atom. The molecule has 110 valence electrons. The molecule has 0 bridgehead atoms. The number of aryl methyl sites for hydroxylation is 1. The van der Waals surface area contributed by atoms with Crippen molar-refractivity contribution in [2.24, 2.45) is 0 Å². The Balaban J connectivity index is 2.10. The highest BCUT2D eigenvalue weighted by Crippen LogP contribution is 2.37. The van der Waals surface area contributed by atoms with Crippen molar-refractivity contribution in [3.63, 3.8) is 0 Å². The van der Waals surface area contributed by atoms with E-state index in [9.17, 15) is 0 Å². The minimum absolute atomic E-state index is 0.440. The van der Waals surface area contributed by atoms with Crippen LogP contribution in [-0.4, -0.2) is 24.7 Å². The van der Waals surface area contributed by atoms with Crippen LogP contribution < -0.4 is 5.73 Å². The predicted molar refractivity (Wildman–Crippen MR) is 87.7 cm³/mol. The number of H-pyrrole nitrogens is 1. The standard InChI is InChI=1S/C15H13ClN6/c1-2-22-9-5-7-18-14(17)10(9)12(21-22)13-11(16)8-4-3-6-19-15(8)20-13/h3-7H,2H2,1H3,(H2,17,18)(H,19,20). The van der Waals surface area contributed by atoms with Crippen LogP contribution in [0.1, 0.15) is 6.92 Å². The van der Waals surface area contributed by atoms with E-state index in [0.29, 0.717) is 22.2 Å². The number of nitrogens with one attached hydrogen (secondary N) is 1. The van der Waals surface area contributed by atoms with E-state index in [1.165, 1.54) is 0 Å². The number of rotatable bonds is 2. The molecule has 4 aromatic rings. The van der Waals surface area contributed by atoms with Gasteiger partial charge >= 0.3 is 0 Å². The van der Waals surface area contributed by atoms with Crippen molar-refractivity contribution in [3.8, 4) is 11.4 Å². The molecule has 3 N–H and O–H groups in total. The number of aromatic amines is 1. The van der Waals surface area contributed by atoms with Crippen LogP contribution in [0.5, 0.6) is 0 Å². The fourth-order valence-corrected chi connectivity index (χ4v) is 3.01. The van der Waals surface area contributed by atoms with Gasteiger partial charge in [0, 0.05) is 24.3 Å². The second-order valence-corrected chi connectivity index (χ2v) is 5.35. The van der Waals surface area contributed by atoms with Gasteiger partial charge in [0.1, 0.15) is 17.2 Å². The average Bonchev–Trinajstić information content (AvgIpc) is 3.07. The average molecular weight is 313 g/mol. The zero-order valence-electron chi connectivity index (χ0n) is 11.8. The van der Waals surface area contributed by atoms with E-state index >= 15 is 0 Å². The van der Waals surface area contributed by atoms with E-state index < -0.39 is 0 Å². The van der Waals surface area contributed by atoms with Crippen LogP contribution in [0.25, 0.3) is 33.3 Å². The molecule has 7 heteroatoms. The molecule has 4 aromatic heterocycles. The summed E-state index contributed by atoms with van der Waals surface area (Å²) in [5.74, 6) is 0.440. The summed E-state index contributed by atoms with van der Waals surface area (Å²) in [6.07, 6.45) is 3.40. The summed E-state index contributed by atoms with van der Waals surface area (Å²) in [6.45, 7) is 2.76. The first kappa shape index (κ1) is 13.1. The van der Waals surface area contributed by atoms with Crippen molar-refractivity contribution >= 4 is 39.4 Å². The van der Waals surface area contributed by atoms with Crippen molar-refractivity contribution in [2.75, 3.05) is 5.73 Å². The van der Waals surface area contributed by atoms with E-state index in [1.807, 2.05) is 29.8 Å². The van der Waals surface area contributed by atoms with Crippen molar-refractivity contribution in [1.82, 2.24) is 24.7 Å². The monoisotopic (exact) mass is 312 g/mol. The van der Waals surface area contributed by atoms with Gasteiger partial charge in [-0.15, -0.1) is 0 Å². The van der Waals surface area contributed by atoms with Gasteiger partial charge in [-0.05, 0) is 25.1 Å². The van der Waals surface area contributed by atoms with Crippen LogP contribution >= 0.6 is 11.6 Å². The Hall–Kier alpha value is -2.60. The minimum Gasteiger partial charge on any atom is -0.383 e.